The Morgan fingerprint density at radius 2 is 1.86 bits per heavy atom. The van der Waals surface area contributed by atoms with E-state index in [0.717, 1.165) is 61.0 Å². The normalized spacial score (nSPS) is 14.3. The van der Waals surface area contributed by atoms with Crippen LogP contribution in [0, 0.1) is 5.92 Å². The van der Waals surface area contributed by atoms with Crippen LogP contribution in [-0.4, -0.2) is 26.3 Å². The Hall–Kier alpha value is -0.740. The van der Waals surface area contributed by atoms with Crippen LogP contribution in [0.3, 0.4) is 0 Å². The van der Waals surface area contributed by atoms with E-state index in [2.05, 4.69) is 41.2 Å². The topological polar surface area (TPSA) is 30.5 Å². The third kappa shape index (κ3) is 5.51. The fraction of sp³-hybridized carbons (Fsp3) is 0.647. The molecule has 0 atom stereocenters. The summed E-state index contributed by atoms with van der Waals surface area (Å²) >= 11 is 3.65. The first-order chi connectivity index (χ1) is 10.2. The van der Waals surface area contributed by atoms with Crippen LogP contribution in [-0.2, 0) is 6.42 Å². The van der Waals surface area contributed by atoms with Crippen molar-refractivity contribution in [3.8, 4) is 11.5 Å². The molecule has 1 aliphatic rings. The van der Waals surface area contributed by atoms with Crippen LogP contribution < -0.4 is 14.8 Å². The van der Waals surface area contributed by atoms with Gasteiger partial charge in [0.15, 0.2) is 11.5 Å². The number of unbranched alkanes of at least 4 members (excludes halogenated alkanes) is 1. The zero-order chi connectivity index (χ0) is 15.1. The van der Waals surface area contributed by atoms with Gasteiger partial charge in [0, 0.05) is 10.9 Å². The van der Waals surface area contributed by atoms with Crippen LogP contribution in [0.2, 0.25) is 0 Å². The van der Waals surface area contributed by atoms with Crippen LogP contribution in [0.15, 0.2) is 16.6 Å². The second-order valence-electron chi connectivity index (χ2n) is 6.00. The van der Waals surface area contributed by atoms with Crippen LogP contribution in [0.5, 0.6) is 11.5 Å². The molecule has 0 saturated heterocycles. The van der Waals surface area contributed by atoms with Crippen molar-refractivity contribution in [1.29, 1.82) is 0 Å². The molecule has 0 unspecified atom stereocenters. The van der Waals surface area contributed by atoms with Crippen molar-refractivity contribution in [3.63, 3.8) is 0 Å². The highest BCUT2D eigenvalue weighted by atomic mass is 79.9. The molecule has 0 aromatic heterocycles. The summed E-state index contributed by atoms with van der Waals surface area (Å²) in [6.07, 6.45) is 4.40. The van der Waals surface area contributed by atoms with E-state index in [1.807, 2.05) is 6.07 Å². The molecule has 1 aromatic carbocycles. The van der Waals surface area contributed by atoms with Crippen molar-refractivity contribution in [1.82, 2.24) is 5.32 Å². The summed E-state index contributed by atoms with van der Waals surface area (Å²) in [5, 5.41) is 3.49. The van der Waals surface area contributed by atoms with E-state index in [4.69, 9.17) is 9.47 Å². The molecule has 0 fully saturated rings. The Labute approximate surface area is 136 Å². The number of halogens is 1. The quantitative estimate of drug-likeness (QED) is 0.744. The van der Waals surface area contributed by atoms with Crippen molar-refractivity contribution in [2.24, 2.45) is 5.92 Å². The van der Waals surface area contributed by atoms with Crippen LogP contribution in [0.25, 0.3) is 0 Å². The number of ether oxygens (including phenoxy) is 2. The Morgan fingerprint density at radius 1 is 1.14 bits per heavy atom. The van der Waals surface area contributed by atoms with Crippen LogP contribution in [0.1, 0.15) is 38.7 Å². The Kier molecular flexibility index (Phi) is 6.84. The zero-order valence-corrected chi connectivity index (χ0v) is 14.7. The SMILES string of the molecule is CC(C)CNCCCCc1cc2c(cc1Br)OCCCO2. The molecular formula is C17H26BrNO2. The number of hydrogen-bond acceptors (Lipinski definition) is 3. The van der Waals surface area contributed by atoms with E-state index < -0.39 is 0 Å². The predicted octanol–water partition coefficient (Wildman–Crippen LogP) is 4.18. The number of fused-ring (bicyclic) bond motifs is 1. The number of benzene rings is 1. The van der Waals surface area contributed by atoms with Crippen molar-refractivity contribution in [2.45, 2.75) is 39.5 Å². The van der Waals surface area contributed by atoms with E-state index in [1.54, 1.807) is 0 Å². The summed E-state index contributed by atoms with van der Waals surface area (Å²) < 4.78 is 12.6. The summed E-state index contributed by atoms with van der Waals surface area (Å²) in [6.45, 7) is 8.16. The average Bonchev–Trinajstić information content (AvgIpc) is 2.67. The standard InChI is InChI=1S/C17H26BrNO2/c1-13(2)12-19-7-4-3-6-14-10-16-17(11-15(14)18)21-9-5-8-20-16/h10-11,13,19H,3-9,12H2,1-2H3. The smallest absolute Gasteiger partial charge is 0.162 e. The second kappa shape index (κ2) is 8.64. The monoisotopic (exact) mass is 355 g/mol. The summed E-state index contributed by atoms with van der Waals surface area (Å²) in [4.78, 5) is 0. The van der Waals surface area contributed by atoms with E-state index in [0.29, 0.717) is 0 Å². The molecule has 0 bridgehead atoms. The molecule has 0 radical (unpaired) electrons. The molecule has 118 valence electrons. The fourth-order valence-electron chi connectivity index (χ4n) is 2.37. The summed E-state index contributed by atoms with van der Waals surface area (Å²) in [5.74, 6) is 2.48. The van der Waals surface area contributed by atoms with Crippen LogP contribution in [0.4, 0.5) is 0 Å². The first kappa shape index (κ1) is 16.6. The number of aryl methyl sites for hydroxylation is 1. The van der Waals surface area contributed by atoms with E-state index in [9.17, 15) is 0 Å². The molecule has 0 spiro atoms. The molecule has 2 rings (SSSR count). The first-order valence-electron chi connectivity index (χ1n) is 7.95. The van der Waals surface area contributed by atoms with E-state index in [1.165, 1.54) is 18.4 Å². The minimum atomic E-state index is 0.723. The zero-order valence-electron chi connectivity index (χ0n) is 13.1. The second-order valence-corrected chi connectivity index (χ2v) is 6.85. The van der Waals surface area contributed by atoms with Crippen LogP contribution >= 0.6 is 15.9 Å². The third-order valence-electron chi connectivity index (χ3n) is 3.52. The highest BCUT2D eigenvalue weighted by Crippen LogP contribution is 2.35. The van der Waals surface area contributed by atoms with Crippen molar-refractivity contribution < 1.29 is 9.47 Å². The van der Waals surface area contributed by atoms with Gasteiger partial charge in [0.2, 0.25) is 0 Å². The summed E-state index contributed by atoms with van der Waals surface area (Å²) in [7, 11) is 0. The minimum absolute atomic E-state index is 0.723. The lowest BCUT2D eigenvalue weighted by atomic mass is 10.1. The van der Waals surface area contributed by atoms with E-state index >= 15 is 0 Å². The molecule has 21 heavy (non-hydrogen) atoms. The van der Waals surface area contributed by atoms with Gasteiger partial charge in [-0.25, -0.2) is 0 Å². The van der Waals surface area contributed by atoms with Gasteiger partial charge in [-0.2, -0.15) is 0 Å². The fourth-order valence-corrected chi connectivity index (χ4v) is 2.89. The Bertz CT molecular complexity index is 449. The molecule has 0 aliphatic carbocycles. The molecule has 0 amide bonds. The van der Waals surface area contributed by atoms with Gasteiger partial charge in [0.05, 0.1) is 13.2 Å². The molecule has 4 heteroatoms. The number of nitrogens with one attached hydrogen (secondary N) is 1. The Morgan fingerprint density at radius 3 is 2.57 bits per heavy atom. The van der Waals surface area contributed by atoms with Crippen molar-refractivity contribution >= 4 is 15.9 Å². The summed E-state index contributed by atoms with van der Waals surface area (Å²) in [5.41, 5.74) is 1.31. The van der Waals surface area contributed by atoms with Crippen molar-refractivity contribution in [3.05, 3.63) is 22.2 Å². The molecule has 3 nitrogen and oxygen atoms in total. The van der Waals surface area contributed by atoms with Gasteiger partial charge in [-0.15, -0.1) is 0 Å². The first-order valence-corrected chi connectivity index (χ1v) is 8.75. The summed E-state index contributed by atoms with van der Waals surface area (Å²) in [6, 6.07) is 4.18. The van der Waals surface area contributed by atoms with Gasteiger partial charge in [0.1, 0.15) is 0 Å². The lowest BCUT2D eigenvalue weighted by molar-refractivity contribution is 0.297. The minimum Gasteiger partial charge on any atom is -0.490 e. The van der Waals surface area contributed by atoms with Crippen molar-refractivity contribution in [2.75, 3.05) is 26.3 Å². The average molecular weight is 356 g/mol. The lowest BCUT2D eigenvalue weighted by Gasteiger charge is -2.12. The lowest BCUT2D eigenvalue weighted by Crippen LogP contribution is -2.20. The maximum Gasteiger partial charge on any atom is 0.162 e. The molecule has 1 heterocycles. The van der Waals surface area contributed by atoms with Gasteiger partial charge in [-0.05, 0) is 56.0 Å². The van der Waals surface area contributed by atoms with Gasteiger partial charge in [0.25, 0.3) is 0 Å². The van der Waals surface area contributed by atoms with Gasteiger partial charge >= 0.3 is 0 Å². The maximum atomic E-state index is 5.76. The molecule has 1 aliphatic heterocycles. The molecule has 1 N–H and O–H groups in total. The molecule has 0 saturated carbocycles. The van der Waals surface area contributed by atoms with E-state index in [-0.39, 0.29) is 0 Å². The third-order valence-corrected chi connectivity index (χ3v) is 4.26. The predicted molar refractivity (Wildman–Crippen MR) is 90.4 cm³/mol. The number of hydrogen-bond donors (Lipinski definition) is 1. The van der Waals surface area contributed by atoms with Gasteiger partial charge in [-0.3, -0.25) is 0 Å². The largest absolute Gasteiger partial charge is 0.490 e. The number of rotatable bonds is 7. The highest BCUT2D eigenvalue weighted by molar-refractivity contribution is 9.10. The molecular weight excluding hydrogens is 330 g/mol. The molecule has 1 aromatic rings. The highest BCUT2D eigenvalue weighted by Gasteiger charge is 2.13. The van der Waals surface area contributed by atoms with Gasteiger partial charge < -0.3 is 14.8 Å². The Balaban J connectivity index is 1.81. The maximum absolute atomic E-state index is 5.76. The van der Waals surface area contributed by atoms with Gasteiger partial charge in [-0.1, -0.05) is 29.8 Å².